The smallest absolute Gasteiger partial charge is 0.142 e. The Labute approximate surface area is 114 Å². The van der Waals surface area contributed by atoms with E-state index in [4.69, 9.17) is 11.6 Å². The molecule has 0 saturated heterocycles. The van der Waals surface area contributed by atoms with Crippen molar-refractivity contribution in [3.8, 4) is 0 Å². The Kier molecular flexibility index (Phi) is 3.23. The topological polar surface area (TPSA) is 12.0 Å². The van der Waals surface area contributed by atoms with Crippen LogP contribution in [0, 0.1) is 16.6 Å². The minimum absolute atomic E-state index is 0.128. The maximum Gasteiger partial charge on any atom is 0.142 e. The van der Waals surface area contributed by atoms with Gasteiger partial charge in [0.25, 0.3) is 0 Å². The predicted molar refractivity (Wildman–Crippen MR) is 74.3 cm³/mol. The normalized spacial score (nSPS) is 22.8. The number of nitrogens with one attached hydrogen (secondary N) is 1. The second-order valence-electron chi connectivity index (χ2n) is 6.44. The van der Waals surface area contributed by atoms with E-state index in [0.29, 0.717) is 6.04 Å². The summed E-state index contributed by atoms with van der Waals surface area (Å²) in [4.78, 5) is 0. The van der Waals surface area contributed by atoms with Crippen LogP contribution >= 0.6 is 11.6 Å². The van der Waals surface area contributed by atoms with Crippen LogP contribution in [-0.2, 0) is 0 Å². The summed E-state index contributed by atoms with van der Waals surface area (Å²) in [5, 5.41) is 3.77. The van der Waals surface area contributed by atoms with Crippen LogP contribution in [0.1, 0.15) is 46.2 Å². The average Bonchev–Trinajstić information content (AvgIpc) is 2.65. The van der Waals surface area contributed by atoms with E-state index in [9.17, 15) is 4.39 Å². The monoisotopic (exact) mass is 269 g/mol. The molecule has 3 heteroatoms. The van der Waals surface area contributed by atoms with Crippen molar-refractivity contribution in [2.45, 2.75) is 46.7 Å². The Hall–Kier alpha value is -0.600. The second-order valence-corrected chi connectivity index (χ2v) is 6.85. The molecule has 1 N–H and O–H groups in total. The van der Waals surface area contributed by atoms with E-state index in [1.165, 1.54) is 6.07 Å². The molecule has 1 fully saturated rings. The number of halogens is 2. The summed E-state index contributed by atoms with van der Waals surface area (Å²) in [6.45, 7) is 11.1. The van der Waals surface area contributed by atoms with Crippen LogP contribution in [0.2, 0.25) is 5.02 Å². The summed E-state index contributed by atoms with van der Waals surface area (Å²) in [5.41, 5.74) is 1.51. The van der Waals surface area contributed by atoms with Crippen LogP contribution in [0.4, 0.5) is 4.39 Å². The first kappa shape index (κ1) is 13.8. The Morgan fingerprint density at radius 3 is 2.22 bits per heavy atom. The molecule has 1 nitrogen and oxygen atoms in total. The van der Waals surface area contributed by atoms with Crippen molar-refractivity contribution in [3.63, 3.8) is 0 Å². The lowest BCUT2D eigenvalue weighted by atomic mass is 10.0. The number of benzene rings is 1. The minimum atomic E-state index is -0.350. The highest BCUT2D eigenvalue weighted by atomic mass is 35.5. The Morgan fingerprint density at radius 2 is 1.78 bits per heavy atom. The molecule has 0 radical (unpaired) electrons. The molecule has 1 atom stereocenters. The maximum atomic E-state index is 13.4. The lowest BCUT2D eigenvalue weighted by Gasteiger charge is -2.16. The Balaban J connectivity index is 2.10. The molecule has 18 heavy (non-hydrogen) atoms. The molecule has 0 heterocycles. The molecule has 1 aromatic carbocycles. The van der Waals surface area contributed by atoms with Crippen LogP contribution in [0.25, 0.3) is 0 Å². The van der Waals surface area contributed by atoms with Crippen LogP contribution < -0.4 is 5.32 Å². The van der Waals surface area contributed by atoms with Gasteiger partial charge in [-0.3, -0.25) is 0 Å². The highest BCUT2D eigenvalue weighted by Gasteiger charge is 2.64. The molecule has 0 amide bonds. The molecule has 0 spiro atoms. The fourth-order valence-electron chi connectivity index (χ4n) is 2.74. The van der Waals surface area contributed by atoms with Gasteiger partial charge in [-0.25, -0.2) is 4.39 Å². The SMILES string of the molecule is CC(NC1C(C)(C)C1(C)C)c1ccc(Cl)c(F)c1. The first-order valence-corrected chi connectivity index (χ1v) is 6.76. The molecular formula is C15H21ClFN. The molecule has 0 bridgehead atoms. The van der Waals surface area contributed by atoms with Gasteiger partial charge in [-0.1, -0.05) is 45.4 Å². The molecule has 0 aliphatic heterocycles. The number of hydrogen-bond acceptors (Lipinski definition) is 1. The number of hydrogen-bond donors (Lipinski definition) is 1. The van der Waals surface area contributed by atoms with Crippen LogP contribution in [0.5, 0.6) is 0 Å². The second kappa shape index (κ2) is 4.21. The summed E-state index contributed by atoms with van der Waals surface area (Å²) in [6, 6.07) is 5.60. The van der Waals surface area contributed by atoms with Crippen LogP contribution in [0.3, 0.4) is 0 Å². The molecule has 1 unspecified atom stereocenters. The quantitative estimate of drug-likeness (QED) is 0.848. The molecule has 1 aliphatic rings. The summed E-state index contributed by atoms with van der Waals surface area (Å²) in [7, 11) is 0. The lowest BCUT2D eigenvalue weighted by molar-refractivity contribution is 0.457. The maximum absolute atomic E-state index is 13.4. The zero-order valence-electron chi connectivity index (χ0n) is 11.6. The van der Waals surface area contributed by atoms with E-state index in [-0.39, 0.29) is 27.7 Å². The fourth-order valence-corrected chi connectivity index (χ4v) is 2.86. The van der Waals surface area contributed by atoms with Gasteiger partial charge in [0, 0.05) is 12.1 Å². The van der Waals surface area contributed by atoms with Gasteiger partial charge in [-0.15, -0.1) is 0 Å². The van der Waals surface area contributed by atoms with E-state index in [1.807, 2.05) is 6.07 Å². The highest BCUT2D eigenvalue weighted by Crippen LogP contribution is 2.63. The van der Waals surface area contributed by atoms with E-state index in [0.717, 1.165) is 5.56 Å². The van der Waals surface area contributed by atoms with Crippen molar-refractivity contribution >= 4 is 11.6 Å². The first-order chi connectivity index (χ1) is 8.18. The van der Waals surface area contributed by atoms with Gasteiger partial charge in [0.05, 0.1) is 5.02 Å². The summed E-state index contributed by atoms with van der Waals surface area (Å²) >= 11 is 5.70. The van der Waals surface area contributed by atoms with Gasteiger partial charge >= 0.3 is 0 Å². The van der Waals surface area contributed by atoms with Gasteiger partial charge in [-0.05, 0) is 35.4 Å². The molecular weight excluding hydrogens is 249 g/mol. The van der Waals surface area contributed by atoms with E-state index in [2.05, 4.69) is 39.9 Å². The van der Waals surface area contributed by atoms with Gasteiger partial charge < -0.3 is 5.32 Å². The van der Waals surface area contributed by atoms with Crippen LogP contribution in [-0.4, -0.2) is 6.04 Å². The standard InChI is InChI=1S/C15H21ClFN/c1-9(10-6-7-11(16)12(17)8-10)18-13-14(2,3)15(13,4)5/h6-9,13,18H,1-5H3. The predicted octanol–water partition coefficient (Wildman–Crippen LogP) is 4.56. The molecule has 1 aliphatic carbocycles. The van der Waals surface area contributed by atoms with E-state index in [1.54, 1.807) is 6.07 Å². The molecule has 2 rings (SSSR count). The molecule has 100 valence electrons. The van der Waals surface area contributed by atoms with E-state index < -0.39 is 0 Å². The van der Waals surface area contributed by atoms with E-state index >= 15 is 0 Å². The summed E-state index contributed by atoms with van der Waals surface area (Å²) in [5.74, 6) is -0.350. The zero-order chi connectivity index (χ0) is 13.7. The van der Waals surface area contributed by atoms with Crippen molar-refractivity contribution in [2.75, 3.05) is 0 Å². The molecule has 0 aromatic heterocycles. The average molecular weight is 270 g/mol. The lowest BCUT2D eigenvalue weighted by Crippen LogP contribution is -2.25. The minimum Gasteiger partial charge on any atom is -0.306 e. The third-order valence-electron chi connectivity index (χ3n) is 4.88. The Bertz CT molecular complexity index is 454. The molecule has 1 aromatic rings. The van der Waals surface area contributed by atoms with Gasteiger partial charge in [0.1, 0.15) is 5.82 Å². The van der Waals surface area contributed by atoms with Crippen molar-refractivity contribution in [1.29, 1.82) is 0 Å². The van der Waals surface area contributed by atoms with Crippen LogP contribution in [0.15, 0.2) is 18.2 Å². The van der Waals surface area contributed by atoms with Gasteiger partial charge in [0.15, 0.2) is 0 Å². The summed E-state index contributed by atoms with van der Waals surface area (Å²) < 4.78 is 13.4. The third kappa shape index (κ3) is 2.06. The van der Waals surface area contributed by atoms with Gasteiger partial charge in [0.2, 0.25) is 0 Å². The highest BCUT2D eigenvalue weighted by molar-refractivity contribution is 6.30. The number of rotatable bonds is 3. The molecule has 1 saturated carbocycles. The zero-order valence-corrected chi connectivity index (χ0v) is 12.4. The van der Waals surface area contributed by atoms with Gasteiger partial charge in [-0.2, -0.15) is 0 Å². The Morgan fingerprint density at radius 1 is 1.22 bits per heavy atom. The largest absolute Gasteiger partial charge is 0.306 e. The van der Waals surface area contributed by atoms with Crippen molar-refractivity contribution in [1.82, 2.24) is 5.32 Å². The van der Waals surface area contributed by atoms with Crippen molar-refractivity contribution in [3.05, 3.63) is 34.6 Å². The fraction of sp³-hybridized carbons (Fsp3) is 0.600. The third-order valence-corrected chi connectivity index (χ3v) is 5.19. The summed E-state index contributed by atoms with van der Waals surface area (Å²) in [6.07, 6.45) is 0. The van der Waals surface area contributed by atoms with Crippen molar-refractivity contribution < 1.29 is 4.39 Å². The first-order valence-electron chi connectivity index (χ1n) is 6.39. The van der Waals surface area contributed by atoms with Crippen molar-refractivity contribution in [2.24, 2.45) is 10.8 Å².